The molecule has 0 saturated carbocycles. The van der Waals surface area contributed by atoms with Gasteiger partial charge in [0, 0.05) is 31.5 Å². The number of nitrogens with one attached hydrogen (secondary N) is 2. The summed E-state index contributed by atoms with van der Waals surface area (Å²) in [5, 5.41) is 5.51. The van der Waals surface area contributed by atoms with E-state index in [1.54, 1.807) is 25.7 Å². The van der Waals surface area contributed by atoms with Gasteiger partial charge in [0.1, 0.15) is 11.6 Å². The summed E-state index contributed by atoms with van der Waals surface area (Å²) in [5.41, 5.74) is 4.35. The zero-order valence-corrected chi connectivity index (χ0v) is 16.5. The fourth-order valence-corrected chi connectivity index (χ4v) is 3.73. The molecular weight excluding hydrogens is 352 g/mol. The minimum Gasteiger partial charge on any atom is -0.444 e. The van der Waals surface area contributed by atoms with Gasteiger partial charge in [0.05, 0.1) is 0 Å². The SMILES string of the molecule is CC(=O)N1CCC2(CC1)CC(C[C@H](NC(=O)OC(C)(C)C)C(N)=O)C(=O)N2. The molecule has 9 heteroatoms. The predicted octanol–water partition coefficient (Wildman–Crippen LogP) is 0.272. The molecule has 27 heavy (non-hydrogen) atoms. The molecule has 2 heterocycles. The van der Waals surface area contributed by atoms with Gasteiger partial charge in [-0.15, -0.1) is 0 Å². The first kappa shape index (κ1) is 21.0. The van der Waals surface area contributed by atoms with E-state index < -0.39 is 29.6 Å². The Hall–Kier alpha value is -2.32. The number of piperidine rings is 1. The molecule has 2 saturated heterocycles. The number of ether oxygens (including phenoxy) is 1. The smallest absolute Gasteiger partial charge is 0.408 e. The van der Waals surface area contributed by atoms with Gasteiger partial charge in [-0.1, -0.05) is 0 Å². The summed E-state index contributed by atoms with van der Waals surface area (Å²) in [4.78, 5) is 49.4. The summed E-state index contributed by atoms with van der Waals surface area (Å²) in [6.07, 6.45) is 1.29. The number of amides is 4. The van der Waals surface area contributed by atoms with Crippen LogP contribution in [0.2, 0.25) is 0 Å². The van der Waals surface area contributed by atoms with E-state index in [0.717, 1.165) is 0 Å². The maximum atomic E-state index is 12.4. The number of likely N-dealkylation sites (tertiary alicyclic amines) is 1. The molecule has 4 amide bonds. The molecular formula is C18H30N4O5. The lowest BCUT2D eigenvalue weighted by Gasteiger charge is -2.39. The van der Waals surface area contributed by atoms with Crippen molar-refractivity contribution in [1.82, 2.24) is 15.5 Å². The number of rotatable bonds is 4. The van der Waals surface area contributed by atoms with Crippen molar-refractivity contribution in [2.75, 3.05) is 13.1 Å². The third-order valence-corrected chi connectivity index (χ3v) is 5.12. The molecule has 0 aliphatic carbocycles. The minimum absolute atomic E-state index is 0.0288. The van der Waals surface area contributed by atoms with Crippen LogP contribution in [0.1, 0.15) is 53.4 Å². The molecule has 0 aromatic rings. The fraction of sp³-hybridized carbons (Fsp3) is 0.778. The highest BCUT2D eigenvalue weighted by atomic mass is 16.6. The molecule has 2 fully saturated rings. The summed E-state index contributed by atoms with van der Waals surface area (Å²) in [5.74, 6) is -1.26. The fourth-order valence-electron chi connectivity index (χ4n) is 3.73. The van der Waals surface area contributed by atoms with Crippen molar-refractivity contribution in [3.05, 3.63) is 0 Å². The average molecular weight is 382 g/mol. The van der Waals surface area contributed by atoms with Crippen molar-refractivity contribution in [2.24, 2.45) is 11.7 Å². The standard InChI is InChI=1S/C18H30N4O5/c1-11(23)22-7-5-18(6-8-22)10-12(15(25)21-18)9-13(14(19)24)20-16(26)27-17(2,3)4/h12-13H,5-10H2,1-4H3,(H2,19,24)(H,20,26)(H,21,25)/t12?,13-/m0/s1. The maximum absolute atomic E-state index is 12.4. The van der Waals surface area contributed by atoms with Gasteiger partial charge in [-0.2, -0.15) is 0 Å². The van der Waals surface area contributed by atoms with E-state index in [-0.39, 0.29) is 23.8 Å². The van der Waals surface area contributed by atoms with E-state index in [1.165, 1.54) is 6.92 Å². The maximum Gasteiger partial charge on any atom is 0.408 e. The molecule has 2 aliphatic rings. The van der Waals surface area contributed by atoms with Crippen LogP contribution in [0.25, 0.3) is 0 Å². The van der Waals surface area contributed by atoms with E-state index in [1.807, 2.05) is 0 Å². The number of alkyl carbamates (subject to hydrolysis) is 1. The Morgan fingerprint density at radius 2 is 1.93 bits per heavy atom. The summed E-state index contributed by atoms with van der Waals surface area (Å²) < 4.78 is 5.16. The van der Waals surface area contributed by atoms with Gasteiger partial charge in [-0.3, -0.25) is 14.4 Å². The van der Waals surface area contributed by atoms with Crippen LogP contribution in [-0.4, -0.2) is 59.0 Å². The highest BCUT2D eigenvalue weighted by molar-refractivity contribution is 5.87. The normalized spacial score (nSPS) is 22.9. The Bertz CT molecular complexity index is 620. The van der Waals surface area contributed by atoms with Crippen LogP contribution < -0.4 is 16.4 Å². The Kier molecular flexibility index (Phi) is 6.01. The van der Waals surface area contributed by atoms with E-state index in [4.69, 9.17) is 10.5 Å². The largest absolute Gasteiger partial charge is 0.444 e. The van der Waals surface area contributed by atoms with E-state index in [2.05, 4.69) is 10.6 Å². The molecule has 1 unspecified atom stereocenters. The monoisotopic (exact) mass is 382 g/mol. The lowest BCUT2D eigenvalue weighted by Crippen LogP contribution is -2.51. The van der Waals surface area contributed by atoms with Crippen molar-refractivity contribution in [3.63, 3.8) is 0 Å². The van der Waals surface area contributed by atoms with Gasteiger partial charge < -0.3 is 26.0 Å². The van der Waals surface area contributed by atoms with Crippen molar-refractivity contribution < 1.29 is 23.9 Å². The van der Waals surface area contributed by atoms with Gasteiger partial charge in [-0.25, -0.2) is 4.79 Å². The zero-order chi connectivity index (χ0) is 20.4. The summed E-state index contributed by atoms with van der Waals surface area (Å²) in [7, 11) is 0. The summed E-state index contributed by atoms with van der Waals surface area (Å²) >= 11 is 0. The second kappa shape index (κ2) is 7.74. The van der Waals surface area contributed by atoms with Gasteiger partial charge in [-0.05, 0) is 46.5 Å². The molecule has 2 aliphatic heterocycles. The lowest BCUT2D eigenvalue weighted by molar-refractivity contribution is -0.130. The van der Waals surface area contributed by atoms with Crippen LogP contribution >= 0.6 is 0 Å². The number of carbonyl (C=O) groups excluding carboxylic acids is 4. The molecule has 1 spiro atoms. The minimum atomic E-state index is -0.983. The van der Waals surface area contributed by atoms with Crippen molar-refractivity contribution in [1.29, 1.82) is 0 Å². The molecule has 9 nitrogen and oxygen atoms in total. The van der Waals surface area contributed by atoms with Crippen LogP contribution in [-0.2, 0) is 19.1 Å². The van der Waals surface area contributed by atoms with Crippen molar-refractivity contribution >= 4 is 23.8 Å². The molecule has 2 rings (SSSR count). The zero-order valence-electron chi connectivity index (χ0n) is 16.5. The van der Waals surface area contributed by atoms with Gasteiger partial charge in [0.15, 0.2) is 0 Å². The van der Waals surface area contributed by atoms with E-state index in [9.17, 15) is 19.2 Å². The van der Waals surface area contributed by atoms with Crippen LogP contribution in [0.3, 0.4) is 0 Å². The summed E-state index contributed by atoms with van der Waals surface area (Å²) in [6.45, 7) is 7.87. The number of primary amides is 1. The highest BCUT2D eigenvalue weighted by Crippen LogP contribution is 2.36. The molecule has 4 N–H and O–H groups in total. The van der Waals surface area contributed by atoms with E-state index >= 15 is 0 Å². The molecule has 2 atom stereocenters. The second-order valence-corrected chi connectivity index (χ2v) is 8.51. The number of hydrogen-bond donors (Lipinski definition) is 3. The van der Waals surface area contributed by atoms with Crippen molar-refractivity contribution in [2.45, 2.75) is 70.6 Å². The first-order valence-electron chi connectivity index (χ1n) is 9.27. The van der Waals surface area contributed by atoms with Crippen LogP contribution in [0.4, 0.5) is 4.79 Å². The Morgan fingerprint density at radius 3 is 2.41 bits per heavy atom. The molecule has 0 aromatic heterocycles. The molecule has 152 valence electrons. The molecule has 0 aromatic carbocycles. The second-order valence-electron chi connectivity index (χ2n) is 8.51. The quantitative estimate of drug-likeness (QED) is 0.642. The third kappa shape index (κ3) is 5.58. The summed E-state index contributed by atoms with van der Waals surface area (Å²) in [6, 6.07) is -0.983. The lowest BCUT2D eigenvalue weighted by atomic mass is 9.82. The first-order valence-corrected chi connectivity index (χ1v) is 9.27. The Balaban J connectivity index is 1.97. The number of nitrogens with two attached hydrogens (primary N) is 1. The topological polar surface area (TPSA) is 131 Å². The van der Waals surface area contributed by atoms with Gasteiger partial charge >= 0.3 is 6.09 Å². The van der Waals surface area contributed by atoms with Crippen LogP contribution in [0.5, 0.6) is 0 Å². The number of carbonyl (C=O) groups is 4. The van der Waals surface area contributed by atoms with Crippen LogP contribution in [0.15, 0.2) is 0 Å². The van der Waals surface area contributed by atoms with Crippen LogP contribution in [0, 0.1) is 5.92 Å². The predicted molar refractivity (Wildman–Crippen MR) is 97.4 cm³/mol. The van der Waals surface area contributed by atoms with Gasteiger partial charge in [0.25, 0.3) is 0 Å². The average Bonchev–Trinajstić information content (AvgIpc) is 2.80. The Labute approximate surface area is 159 Å². The number of nitrogens with zero attached hydrogens (tertiary/aromatic N) is 1. The third-order valence-electron chi connectivity index (χ3n) is 5.12. The molecule has 0 radical (unpaired) electrons. The van der Waals surface area contributed by atoms with Crippen molar-refractivity contribution in [3.8, 4) is 0 Å². The highest BCUT2D eigenvalue weighted by Gasteiger charge is 2.47. The van der Waals surface area contributed by atoms with Gasteiger partial charge in [0.2, 0.25) is 17.7 Å². The number of hydrogen-bond acceptors (Lipinski definition) is 5. The molecule has 0 bridgehead atoms. The first-order chi connectivity index (χ1) is 12.4. The van der Waals surface area contributed by atoms with E-state index in [0.29, 0.717) is 32.4 Å². The Morgan fingerprint density at radius 1 is 1.33 bits per heavy atom.